The number of anilines is 2. The number of rotatable bonds is 6. The number of halogens is 1. The summed E-state index contributed by atoms with van der Waals surface area (Å²) in [5.74, 6) is 0.468. The van der Waals surface area contributed by atoms with Gasteiger partial charge < -0.3 is 20.1 Å². The van der Waals surface area contributed by atoms with Crippen LogP contribution in [-0.4, -0.2) is 25.5 Å². The van der Waals surface area contributed by atoms with Crippen molar-refractivity contribution in [2.45, 2.75) is 13.8 Å². The normalized spacial score (nSPS) is 10.1. The fraction of sp³-hybridized carbons (Fsp3) is 0.222. The van der Waals surface area contributed by atoms with Gasteiger partial charge in [0.2, 0.25) is 5.91 Å². The van der Waals surface area contributed by atoms with E-state index in [-0.39, 0.29) is 18.4 Å². The molecule has 0 saturated carbocycles. The monoisotopic (exact) mass is 362 g/mol. The Kier molecular flexibility index (Phi) is 6.25. The third-order valence-corrected chi connectivity index (χ3v) is 3.72. The van der Waals surface area contributed by atoms with Gasteiger partial charge in [0.05, 0.1) is 12.8 Å². The highest BCUT2D eigenvalue weighted by Gasteiger charge is 2.10. The maximum atomic E-state index is 12.1. The molecule has 0 radical (unpaired) electrons. The third kappa shape index (κ3) is 5.39. The Hall–Kier alpha value is -2.73. The summed E-state index contributed by atoms with van der Waals surface area (Å²) in [5, 5.41) is 5.99. The number of nitrogens with one attached hydrogen (secondary N) is 2. The highest BCUT2D eigenvalue weighted by molar-refractivity contribution is 6.31. The van der Waals surface area contributed by atoms with Crippen molar-refractivity contribution in [1.82, 2.24) is 0 Å². The number of aryl methyl sites for hydroxylation is 1. The molecule has 0 spiro atoms. The van der Waals surface area contributed by atoms with Gasteiger partial charge in [-0.25, -0.2) is 0 Å². The van der Waals surface area contributed by atoms with E-state index in [1.807, 2.05) is 6.92 Å². The van der Waals surface area contributed by atoms with Crippen LogP contribution in [0, 0.1) is 6.92 Å². The number of carbonyl (C=O) groups excluding carboxylic acids is 2. The smallest absolute Gasteiger partial charge is 0.262 e. The molecule has 132 valence electrons. The zero-order valence-electron chi connectivity index (χ0n) is 14.2. The second-order valence-corrected chi connectivity index (χ2v) is 5.75. The molecule has 2 rings (SSSR count). The summed E-state index contributed by atoms with van der Waals surface area (Å²) < 4.78 is 10.7. The standard InChI is InChI=1S/C18H19ClN2O4/c1-11-8-14(5-6-15(11)19)25-10-18(23)21-16-9-13(20-12(2)22)4-7-17(16)24-3/h4-9H,10H2,1-3H3,(H,20,22)(H,21,23). The largest absolute Gasteiger partial charge is 0.495 e. The molecule has 0 saturated heterocycles. The average molecular weight is 363 g/mol. The molecule has 2 N–H and O–H groups in total. The molecule has 2 amide bonds. The van der Waals surface area contributed by atoms with Crippen molar-refractivity contribution in [2.24, 2.45) is 0 Å². The number of ether oxygens (including phenoxy) is 2. The molecule has 2 aromatic carbocycles. The van der Waals surface area contributed by atoms with Crippen LogP contribution in [0.1, 0.15) is 12.5 Å². The van der Waals surface area contributed by atoms with Crippen molar-refractivity contribution >= 4 is 34.8 Å². The zero-order chi connectivity index (χ0) is 18.4. The van der Waals surface area contributed by atoms with Crippen LogP contribution in [0.3, 0.4) is 0 Å². The Morgan fingerprint density at radius 3 is 2.52 bits per heavy atom. The topological polar surface area (TPSA) is 76.7 Å². The summed E-state index contributed by atoms with van der Waals surface area (Å²) in [5.41, 5.74) is 1.86. The van der Waals surface area contributed by atoms with Gasteiger partial charge in [0, 0.05) is 17.6 Å². The van der Waals surface area contributed by atoms with E-state index in [1.54, 1.807) is 36.4 Å². The molecule has 7 heteroatoms. The number of benzene rings is 2. The van der Waals surface area contributed by atoms with E-state index < -0.39 is 0 Å². The van der Waals surface area contributed by atoms with Crippen LogP contribution >= 0.6 is 11.6 Å². The lowest BCUT2D eigenvalue weighted by atomic mass is 10.2. The molecule has 2 aromatic rings. The van der Waals surface area contributed by atoms with Crippen molar-refractivity contribution in [3.63, 3.8) is 0 Å². The fourth-order valence-electron chi connectivity index (χ4n) is 2.13. The zero-order valence-corrected chi connectivity index (χ0v) is 14.9. The number of carbonyl (C=O) groups is 2. The molecule has 25 heavy (non-hydrogen) atoms. The van der Waals surface area contributed by atoms with Crippen LogP contribution in [0.2, 0.25) is 5.02 Å². The van der Waals surface area contributed by atoms with Crippen LogP contribution in [0.25, 0.3) is 0 Å². The lowest BCUT2D eigenvalue weighted by Crippen LogP contribution is -2.20. The van der Waals surface area contributed by atoms with Crippen LogP contribution in [0.4, 0.5) is 11.4 Å². The van der Waals surface area contributed by atoms with Gasteiger partial charge in [-0.05, 0) is 48.9 Å². The van der Waals surface area contributed by atoms with Gasteiger partial charge in [-0.1, -0.05) is 11.6 Å². The van der Waals surface area contributed by atoms with Crippen LogP contribution in [-0.2, 0) is 9.59 Å². The first-order valence-corrected chi connectivity index (χ1v) is 7.91. The molecule has 0 fully saturated rings. The highest BCUT2D eigenvalue weighted by Crippen LogP contribution is 2.28. The molecule has 0 aromatic heterocycles. The number of methoxy groups -OCH3 is 1. The first-order valence-electron chi connectivity index (χ1n) is 7.53. The predicted molar refractivity (Wildman–Crippen MR) is 97.6 cm³/mol. The van der Waals surface area contributed by atoms with Crippen molar-refractivity contribution in [3.8, 4) is 11.5 Å². The quantitative estimate of drug-likeness (QED) is 0.822. The van der Waals surface area contributed by atoms with E-state index in [2.05, 4.69) is 10.6 Å². The summed E-state index contributed by atoms with van der Waals surface area (Å²) in [6.07, 6.45) is 0. The molecule has 0 atom stereocenters. The summed E-state index contributed by atoms with van der Waals surface area (Å²) in [7, 11) is 1.50. The average Bonchev–Trinajstić information content (AvgIpc) is 2.56. The Balaban J connectivity index is 2.03. The molecule has 0 aliphatic carbocycles. The van der Waals surface area contributed by atoms with E-state index in [0.29, 0.717) is 27.9 Å². The lowest BCUT2D eigenvalue weighted by Gasteiger charge is -2.13. The summed E-state index contributed by atoms with van der Waals surface area (Å²) in [6.45, 7) is 3.09. The Morgan fingerprint density at radius 2 is 1.88 bits per heavy atom. The second-order valence-electron chi connectivity index (χ2n) is 5.34. The van der Waals surface area contributed by atoms with Gasteiger partial charge in [0.25, 0.3) is 5.91 Å². The molecular formula is C18H19ClN2O4. The van der Waals surface area contributed by atoms with E-state index >= 15 is 0 Å². The predicted octanol–water partition coefficient (Wildman–Crippen LogP) is 3.63. The molecular weight excluding hydrogens is 344 g/mol. The molecule has 0 bridgehead atoms. The van der Waals surface area contributed by atoms with E-state index in [4.69, 9.17) is 21.1 Å². The fourth-order valence-corrected chi connectivity index (χ4v) is 2.25. The summed E-state index contributed by atoms with van der Waals surface area (Å²) in [4.78, 5) is 23.3. The number of hydrogen-bond acceptors (Lipinski definition) is 4. The molecule has 0 heterocycles. The Bertz CT molecular complexity index is 793. The number of amides is 2. The van der Waals surface area contributed by atoms with Crippen LogP contribution in [0.15, 0.2) is 36.4 Å². The number of hydrogen-bond donors (Lipinski definition) is 2. The summed E-state index contributed by atoms with van der Waals surface area (Å²) >= 11 is 5.96. The Morgan fingerprint density at radius 1 is 1.12 bits per heavy atom. The van der Waals surface area contributed by atoms with Gasteiger partial charge in [-0.3, -0.25) is 9.59 Å². The van der Waals surface area contributed by atoms with Gasteiger partial charge in [-0.15, -0.1) is 0 Å². The first-order chi connectivity index (χ1) is 11.9. The van der Waals surface area contributed by atoms with Crippen LogP contribution in [0.5, 0.6) is 11.5 Å². The third-order valence-electron chi connectivity index (χ3n) is 3.29. The van der Waals surface area contributed by atoms with Crippen molar-refractivity contribution in [2.75, 3.05) is 24.4 Å². The molecule has 0 aliphatic rings. The minimum atomic E-state index is -0.356. The SMILES string of the molecule is COc1ccc(NC(C)=O)cc1NC(=O)COc1ccc(Cl)c(C)c1. The van der Waals surface area contributed by atoms with Crippen molar-refractivity contribution in [1.29, 1.82) is 0 Å². The minimum absolute atomic E-state index is 0.172. The van der Waals surface area contributed by atoms with Gasteiger partial charge >= 0.3 is 0 Å². The van der Waals surface area contributed by atoms with E-state index in [1.165, 1.54) is 14.0 Å². The maximum absolute atomic E-state index is 12.1. The Labute approximate surface area is 151 Å². The molecule has 0 unspecified atom stereocenters. The minimum Gasteiger partial charge on any atom is -0.495 e. The van der Waals surface area contributed by atoms with E-state index in [0.717, 1.165) is 5.56 Å². The highest BCUT2D eigenvalue weighted by atomic mass is 35.5. The lowest BCUT2D eigenvalue weighted by molar-refractivity contribution is -0.118. The van der Waals surface area contributed by atoms with Gasteiger partial charge in [0.15, 0.2) is 6.61 Å². The van der Waals surface area contributed by atoms with Gasteiger partial charge in [-0.2, -0.15) is 0 Å². The first kappa shape index (κ1) is 18.6. The van der Waals surface area contributed by atoms with E-state index in [9.17, 15) is 9.59 Å². The van der Waals surface area contributed by atoms with Crippen molar-refractivity contribution < 1.29 is 19.1 Å². The molecule has 0 aliphatic heterocycles. The van der Waals surface area contributed by atoms with Gasteiger partial charge in [0.1, 0.15) is 11.5 Å². The molecule has 6 nitrogen and oxygen atoms in total. The van der Waals surface area contributed by atoms with Crippen LogP contribution < -0.4 is 20.1 Å². The maximum Gasteiger partial charge on any atom is 0.262 e. The summed E-state index contributed by atoms with van der Waals surface area (Å²) in [6, 6.07) is 10.1. The second kappa shape index (κ2) is 8.39. The van der Waals surface area contributed by atoms with Crippen molar-refractivity contribution in [3.05, 3.63) is 47.0 Å².